The largest absolute Gasteiger partial charge is 0.444 e. The van der Waals surface area contributed by atoms with Crippen LogP contribution in [0.2, 0.25) is 0 Å². The van der Waals surface area contributed by atoms with Gasteiger partial charge in [0, 0.05) is 20.5 Å². The van der Waals surface area contributed by atoms with Crippen LogP contribution in [0, 0.1) is 5.41 Å². The number of hydrogen-bond acceptors (Lipinski definition) is 8. The van der Waals surface area contributed by atoms with E-state index in [1.165, 1.54) is 19.0 Å². The number of halogens is 2. The number of carbonyl (C=O) groups is 7. The second-order valence-corrected chi connectivity index (χ2v) is 14.9. The molecule has 1 heterocycles. The summed E-state index contributed by atoms with van der Waals surface area (Å²) in [7, 11) is 3.03. The smallest absolute Gasteiger partial charge is 0.408 e. The van der Waals surface area contributed by atoms with Gasteiger partial charge in [0.05, 0.1) is 19.1 Å². The number of benzene rings is 1. The van der Waals surface area contributed by atoms with Gasteiger partial charge in [-0.2, -0.15) is 0 Å². The van der Waals surface area contributed by atoms with Gasteiger partial charge in [0.15, 0.2) is 0 Å². The number of nitrogens with zero attached hydrogens (tertiary/aromatic N) is 2. The van der Waals surface area contributed by atoms with Gasteiger partial charge in [-0.3, -0.25) is 28.8 Å². The highest BCUT2D eigenvalue weighted by Gasteiger charge is 2.53. The lowest BCUT2D eigenvalue weighted by Crippen LogP contribution is -2.59. The zero-order valence-corrected chi connectivity index (χ0v) is 30.9. The Morgan fingerprint density at radius 3 is 2.10 bits per heavy atom. The third kappa shape index (κ3) is 12.9. The van der Waals surface area contributed by atoms with Crippen LogP contribution in [-0.2, 0) is 33.5 Å². The van der Waals surface area contributed by atoms with Crippen LogP contribution in [0.15, 0.2) is 30.3 Å². The van der Waals surface area contributed by atoms with E-state index in [9.17, 15) is 42.3 Å². The fraction of sp³-hybridized carbons (Fsp3) is 0.629. The van der Waals surface area contributed by atoms with E-state index >= 15 is 0 Å². The summed E-state index contributed by atoms with van der Waals surface area (Å²) in [6.07, 6.45) is -1.11. The molecule has 4 atom stereocenters. The van der Waals surface area contributed by atoms with E-state index in [2.05, 4.69) is 21.3 Å². The molecule has 1 fully saturated rings. The van der Waals surface area contributed by atoms with E-state index < -0.39 is 102 Å². The molecule has 1 saturated heterocycles. The van der Waals surface area contributed by atoms with Crippen LogP contribution < -0.4 is 21.3 Å². The molecule has 4 unspecified atom stereocenters. The monoisotopic (exact) mass is 722 g/mol. The molecule has 1 aliphatic rings. The number of ether oxygens (including phenoxy) is 1. The lowest BCUT2D eigenvalue weighted by atomic mass is 9.85. The van der Waals surface area contributed by atoms with Crippen LogP contribution in [0.1, 0.15) is 85.8 Å². The molecule has 0 bridgehead atoms. The van der Waals surface area contributed by atoms with Gasteiger partial charge in [-0.15, -0.1) is 0 Å². The van der Waals surface area contributed by atoms with Gasteiger partial charge in [-0.25, -0.2) is 13.6 Å². The highest BCUT2D eigenvalue weighted by molar-refractivity contribution is 6.38. The molecule has 0 spiro atoms. The Kier molecular flexibility index (Phi) is 14.6. The Morgan fingerprint density at radius 1 is 0.961 bits per heavy atom. The van der Waals surface area contributed by atoms with Crippen molar-refractivity contribution in [2.75, 3.05) is 27.2 Å². The minimum absolute atomic E-state index is 0.0318. The number of rotatable bonds is 14. The van der Waals surface area contributed by atoms with Crippen molar-refractivity contribution in [3.05, 3.63) is 35.9 Å². The van der Waals surface area contributed by atoms with E-state index in [0.29, 0.717) is 23.3 Å². The van der Waals surface area contributed by atoms with Gasteiger partial charge in [-0.1, -0.05) is 70.9 Å². The standard InChI is InChI=1S/C35H52F2N6O8/c1-10-11-17-22(26(45)29(47)38-19-24(44)40-25(30(48)42(8)9)21-15-13-12-14-16-21)39-28(46)23-18-35(36,37)20-43(23)31(49)27(33(2,3)4)41-32(50)51-34(5,6)7/h12-16,22-23,25,27H,10-11,17-20H2,1-9H3,(H,38,47)(H,39,46)(H,40,44)(H,41,50). The van der Waals surface area contributed by atoms with Crippen molar-refractivity contribution >= 4 is 41.4 Å². The van der Waals surface area contributed by atoms with Crippen LogP contribution in [0.25, 0.3) is 0 Å². The topological polar surface area (TPSA) is 183 Å². The predicted octanol–water partition coefficient (Wildman–Crippen LogP) is 2.47. The molecule has 16 heteroatoms. The van der Waals surface area contributed by atoms with Gasteiger partial charge in [0.2, 0.25) is 29.4 Å². The molecule has 284 valence electrons. The maximum absolute atomic E-state index is 14.8. The van der Waals surface area contributed by atoms with E-state index in [0.717, 1.165) is 0 Å². The molecule has 1 aromatic rings. The molecule has 1 aliphatic heterocycles. The molecule has 14 nitrogen and oxygen atoms in total. The van der Waals surface area contributed by atoms with Gasteiger partial charge < -0.3 is 35.8 Å². The number of amides is 6. The first-order valence-electron chi connectivity index (χ1n) is 16.8. The van der Waals surface area contributed by atoms with Crippen molar-refractivity contribution < 1.29 is 47.1 Å². The normalized spacial score (nSPS) is 17.3. The number of Topliss-reactive ketones (excluding diaryl/α,β-unsaturated/α-hetero) is 1. The summed E-state index contributed by atoms with van der Waals surface area (Å²) in [6, 6.07) is 2.79. The van der Waals surface area contributed by atoms with Crippen molar-refractivity contribution in [2.45, 2.75) is 110 Å². The first kappa shape index (κ1) is 42.5. The van der Waals surface area contributed by atoms with E-state index in [-0.39, 0.29) is 6.42 Å². The Morgan fingerprint density at radius 2 is 1.57 bits per heavy atom. The van der Waals surface area contributed by atoms with Crippen molar-refractivity contribution in [3.8, 4) is 0 Å². The molecule has 6 amide bonds. The van der Waals surface area contributed by atoms with Crippen molar-refractivity contribution in [1.29, 1.82) is 0 Å². The summed E-state index contributed by atoms with van der Waals surface area (Å²) in [5, 5.41) is 9.56. The second kappa shape index (κ2) is 17.5. The van der Waals surface area contributed by atoms with Crippen LogP contribution in [0.3, 0.4) is 0 Å². The molecular formula is C35H52F2N6O8. The summed E-state index contributed by atoms with van der Waals surface area (Å²) in [4.78, 5) is 93.5. The van der Waals surface area contributed by atoms with Gasteiger partial charge in [-0.05, 0) is 38.2 Å². The highest BCUT2D eigenvalue weighted by Crippen LogP contribution is 2.34. The van der Waals surface area contributed by atoms with Crippen LogP contribution in [-0.4, -0.2) is 108 Å². The van der Waals surface area contributed by atoms with Gasteiger partial charge in [0.25, 0.3) is 11.8 Å². The average Bonchev–Trinajstić information content (AvgIpc) is 3.36. The van der Waals surface area contributed by atoms with Gasteiger partial charge in [0.1, 0.15) is 23.7 Å². The van der Waals surface area contributed by atoms with E-state index in [4.69, 9.17) is 4.74 Å². The Labute approximate surface area is 297 Å². The zero-order chi connectivity index (χ0) is 38.9. The van der Waals surface area contributed by atoms with E-state index in [1.807, 2.05) is 0 Å². The van der Waals surface area contributed by atoms with E-state index in [1.54, 1.807) is 78.8 Å². The minimum Gasteiger partial charge on any atom is -0.444 e. The molecule has 0 aliphatic carbocycles. The maximum atomic E-state index is 14.8. The highest BCUT2D eigenvalue weighted by atomic mass is 19.3. The lowest BCUT2D eigenvalue weighted by Gasteiger charge is -2.35. The number of alkyl carbamates (subject to hydrolysis) is 1. The Balaban J connectivity index is 2.21. The number of unbranched alkanes of at least 4 members (excludes halogenated alkanes) is 1. The van der Waals surface area contributed by atoms with Crippen LogP contribution in [0.5, 0.6) is 0 Å². The lowest BCUT2D eigenvalue weighted by molar-refractivity contribution is -0.144. The first-order valence-corrected chi connectivity index (χ1v) is 16.8. The summed E-state index contributed by atoms with van der Waals surface area (Å²) < 4.78 is 34.9. The molecule has 0 saturated carbocycles. The summed E-state index contributed by atoms with van der Waals surface area (Å²) in [5.74, 6) is -9.06. The van der Waals surface area contributed by atoms with Crippen molar-refractivity contribution in [2.24, 2.45) is 5.41 Å². The number of alkyl halides is 2. The predicted molar refractivity (Wildman–Crippen MR) is 183 cm³/mol. The fourth-order valence-electron chi connectivity index (χ4n) is 5.28. The number of ketones is 1. The zero-order valence-electron chi connectivity index (χ0n) is 30.9. The number of likely N-dealkylation sites (tertiary alicyclic amines) is 1. The maximum Gasteiger partial charge on any atom is 0.408 e. The molecular weight excluding hydrogens is 670 g/mol. The second-order valence-electron chi connectivity index (χ2n) is 14.9. The quantitative estimate of drug-likeness (QED) is 0.211. The molecule has 0 aromatic heterocycles. The van der Waals surface area contributed by atoms with Crippen molar-refractivity contribution in [1.82, 2.24) is 31.1 Å². The minimum atomic E-state index is -3.47. The molecule has 0 radical (unpaired) electrons. The fourth-order valence-corrected chi connectivity index (χ4v) is 5.28. The summed E-state index contributed by atoms with van der Waals surface area (Å²) in [6.45, 7) is 9.67. The third-order valence-electron chi connectivity index (χ3n) is 7.87. The molecule has 1 aromatic carbocycles. The summed E-state index contributed by atoms with van der Waals surface area (Å²) >= 11 is 0. The summed E-state index contributed by atoms with van der Waals surface area (Å²) in [5.41, 5.74) is -1.41. The Hall–Kier alpha value is -4.63. The van der Waals surface area contributed by atoms with Crippen molar-refractivity contribution in [3.63, 3.8) is 0 Å². The number of likely N-dealkylation sites (N-methyl/N-ethyl adjacent to an activating group) is 1. The Bertz CT molecular complexity index is 1440. The average molecular weight is 723 g/mol. The van der Waals surface area contributed by atoms with Crippen LogP contribution in [0.4, 0.5) is 13.6 Å². The molecule has 2 rings (SSSR count). The van der Waals surface area contributed by atoms with Crippen LogP contribution >= 0.6 is 0 Å². The SMILES string of the molecule is CCCCC(NC(=O)C1CC(F)(F)CN1C(=O)C(NC(=O)OC(C)(C)C)C(C)(C)C)C(=O)C(=O)NCC(=O)NC(C(=O)N(C)C)c1ccccc1. The first-order chi connectivity index (χ1) is 23.5. The number of carbonyl (C=O) groups excluding carboxylic acids is 7. The molecule has 4 N–H and O–H groups in total. The molecule has 51 heavy (non-hydrogen) atoms. The third-order valence-corrected chi connectivity index (χ3v) is 7.87. The number of nitrogens with one attached hydrogen (secondary N) is 4. The number of hydrogen-bond donors (Lipinski definition) is 4. The van der Waals surface area contributed by atoms with Gasteiger partial charge >= 0.3 is 6.09 Å².